The molecule has 4 heteroatoms. The smallest absolute Gasteiger partial charge is 0.0635 e. The van der Waals surface area contributed by atoms with E-state index in [1.807, 2.05) is 42.7 Å². The molecule has 2 aromatic rings. The van der Waals surface area contributed by atoms with E-state index in [0.29, 0.717) is 10.7 Å². The molecule has 0 amide bonds. The fourth-order valence-corrected chi connectivity index (χ4v) is 2.07. The zero-order valence-corrected chi connectivity index (χ0v) is 11.8. The van der Waals surface area contributed by atoms with Crippen molar-refractivity contribution in [2.75, 3.05) is 19.3 Å². The lowest BCUT2D eigenvalue weighted by Gasteiger charge is -2.17. The van der Waals surface area contributed by atoms with Crippen LogP contribution in [0.3, 0.4) is 0 Å². The molecule has 1 aromatic carbocycles. The van der Waals surface area contributed by atoms with Gasteiger partial charge in [-0.3, -0.25) is 4.98 Å². The first-order chi connectivity index (χ1) is 9.15. The average Bonchev–Trinajstić information content (AvgIpc) is 2.42. The average molecular weight is 276 g/mol. The third-order valence-electron chi connectivity index (χ3n) is 3.04. The van der Waals surface area contributed by atoms with Crippen LogP contribution in [0, 0.1) is 0 Å². The molecule has 0 aliphatic heterocycles. The van der Waals surface area contributed by atoms with Gasteiger partial charge in [0.2, 0.25) is 0 Å². The van der Waals surface area contributed by atoms with Crippen LogP contribution >= 0.6 is 11.6 Å². The number of hydrogen-bond acceptors (Lipinski definition) is 3. The summed E-state index contributed by atoms with van der Waals surface area (Å²) >= 11 is 5.91. The molecule has 0 bridgehead atoms. The Morgan fingerprint density at radius 2 is 1.89 bits per heavy atom. The van der Waals surface area contributed by atoms with Crippen LogP contribution in [0.15, 0.2) is 42.7 Å². The van der Waals surface area contributed by atoms with Gasteiger partial charge in [-0.25, -0.2) is 0 Å². The van der Waals surface area contributed by atoms with Crippen molar-refractivity contribution in [3.63, 3.8) is 0 Å². The predicted octanol–water partition coefficient (Wildman–Crippen LogP) is 2.99. The fraction of sp³-hybridized carbons (Fsp3) is 0.267. The minimum Gasteiger partial charge on any atom is -0.398 e. The quantitative estimate of drug-likeness (QED) is 0.853. The van der Waals surface area contributed by atoms with Crippen LogP contribution in [0.1, 0.15) is 11.1 Å². The molecule has 0 atom stereocenters. The van der Waals surface area contributed by atoms with Gasteiger partial charge in [0.1, 0.15) is 0 Å². The van der Waals surface area contributed by atoms with E-state index in [1.54, 1.807) is 0 Å². The number of benzene rings is 1. The molecule has 1 heterocycles. The highest BCUT2D eigenvalue weighted by atomic mass is 35.5. The molecule has 0 unspecified atom stereocenters. The summed E-state index contributed by atoms with van der Waals surface area (Å²) in [5.41, 5.74) is 8.93. The summed E-state index contributed by atoms with van der Waals surface area (Å²) in [5, 5.41) is 0.614. The molecule has 1 aromatic heterocycles. The molecule has 19 heavy (non-hydrogen) atoms. The molecular weight excluding hydrogens is 258 g/mol. The number of nitrogens with two attached hydrogens (primary N) is 1. The van der Waals surface area contributed by atoms with Gasteiger partial charge in [0.15, 0.2) is 0 Å². The molecule has 2 N–H and O–H groups in total. The van der Waals surface area contributed by atoms with Crippen molar-refractivity contribution in [3.05, 3.63) is 58.9 Å². The number of pyridine rings is 1. The number of nitrogens with zero attached hydrogens (tertiary/aromatic N) is 2. The number of aromatic nitrogens is 1. The molecule has 3 nitrogen and oxygen atoms in total. The minimum absolute atomic E-state index is 0.614. The van der Waals surface area contributed by atoms with Crippen molar-refractivity contribution in [1.82, 2.24) is 9.88 Å². The third-order valence-corrected chi connectivity index (χ3v) is 3.39. The molecule has 0 saturated carbocycles. The second-order valence-electron chi connectivity index (χ2n) is 4.70. The molecule has 0 saturated heterocycles. The first kappa shape index (κ1) is 13.8. The lowest BCUT2D eigenvalue weighted by atomic mass is 10.1. The molecule has 0 spiro atoms. The third kappa shape index (κ3) is 4.23. The van der Waals surface area contributed by atoms with Crippen molar-refractivity contribution in [2.45, 2.75) is 13.0 Å². The summed E-state index contributed by atoms with van der Waals surface area (Å²) in [6.45, 7) is 1.86. The van der Waals surface area contributed by atoms with Crippen molar-refractivity contribution in [1.29, 1.82) is 0 Å². The highest BCUT2D eigenvalue weighted by Gasteiger charge is 2.03. The van der Waals surface area contributed by atoms with Gasteiger partial charge in [-0.05, 0) is 48.9 Å². The first-order valence-corrected chi connectivity index (χ1v) is 6.64. The Labute approximate surface area is 119 Å². The molecule has 0 aliphatic carbocycles. The van der Waals surface area contributed by atoms with Crippen LogP contribution in [0.25, 0.3) is 0 Å². The van der Waals surface area contributed by atoms with E-state index in [2.05, 4.69) is 16.9 Å². The van der Waals surface area contributed by atoms with Crippen LogP contribution in [-0.2, 0) is 13.0 Å². The largest absolute Gasteiger partial charge is 0.398 e. The SMILES string of the molecule is CN(CCc1ccncc1)Cc1ccc(Cl)c(N)c1. The maximum atomic E-state index is 5.91. The molecule has 0 aliphatic rings. The minimum atomic E-state index is 0.614. The van der Waals surface area contributed by atoms with Crippen molar-refractivity contribution in [2.24, 2.45) is 0 Å². The fourth-order valence-electron chi connectivity index (χ4n) is 1.95. The van der Waals surface area contributed by atoms with E-state index >= 15 is 0 Å². The van der Waals surface area contributed by atoms with E-state index in [1.165, 1.54) is 11.1 Å². The number of anilines is 1. The van der Waals surface area contributed by atoms with Crippen LogP contribution in [-0.4, -0.2) is 23.5 Å². The Morgan fingerprint density at radius 1 is 1.16 bits per heavy atom. The standard InChI is InChI=1S/C15H18ClN3/c1-19(9-6-12-4-7-18-8-5-12)11-13-2-3-14(16)15(17)10-13/h2-5,7-8,10H,6,9,11,17H2,1H3. The summed E-state index contributed by atoms with van der Waals surface area (Å²) in [4.78, 5) is 6.29. The summed E-state index contributed by atoms with van der Waals surface area (Å²) in [6, 6.07) is 9.90. The number of halogens is 1. The molecule has 0 fully saturated rings. The summed E-state index contributed by atoms with van der Waals surface area (Å²) in [6.07, 6.45) is 4.67. The lowest BCUT2D eigenvalue weighted by Crippen LogP contribution is -2.20. The summed E-state index contributed by atoms with van der Waals surface area (Å²) in [7, 11) is 2.10. The normalized spacial score (nSPS) is 10.9. The van der Waals surface area contributed by atoms with Gasteiger partial charge >= 0.3 is 0 Å². The van der Waals surface area contributed by atoms with Crippen LogP contribution < -0.4 is 5.73 Å². The zero-order valence-electron chi connectivity index (χ0n) is 11.0. The Balaban J connectivity index is 1.87. The Morgan fingerprint density at radius 3 is 2.58 bits per heavy atom. The van der Waals surface area contributed by atoms with Crippen LogP contribution in [0.5, 0.6) is 0 Å². The van der Waals surface area contributed by atoms with Gasteiger partial charge in [0.25, 0.3) is 0 Å². The van der Waals surface area contributed by atoms with Gasteiger partial charge in [-0.1, -0.05) is 17.7 Å². The Bertz CT molecular complexity index is 528. The molecule has 2 rings (SSSR count). The van der Waals surface area contributed by atoms with E-state index in [0.717, 1.165) is 19.5 Å². The maximum Gasteiger partial charge on any atom is 0.0635 e. The van der Waals surface area contributed by atoms with E-state index < -0.39 is 0 Å². The summed E-state index contributed by atoms with van der Waals surface area (Å²) in [5.74, 6) is 0. The van der Waals surface area contributed by atoms with Gasteiger partial charge in [-0.15, -0.1) is 0 Å². The number of nitrogen functional groups attached to an aromatic ring is 1. The van der Waals surface area contributed by atoms with Gasteiger partial charge in [0.05, 0.1) is 10.7 Å². The van der Waals surface area contributed by atoms with Crippen molar-refractivity contribution in [3.8, 4) is 0 Å². The number of hydrogen-bond donors (Lipinski definition) is 1. The number of likely N-dealkylation sites (N-methyl/N-ethyl adjacent to an activating group) is 1. The molecule has 100 valence electrons. The maximum absolute atomic E-state index is 5.91. The monoisotopic (exact) mass is 275 g/mol. The highest BCUT2D eigenvalue weighted by molar-refractivity contribution is 6.33. The van der Waals surface area contributed by atoms with E-state index in [-0.39, 0.29) is 0 Å². The van der Waals surface area contributed by atoms with Crippen LogP contribution in [0.2, 0.25) is 5.02 Å². The number of rotatable bonds is 5. The Hall–Kier alpha value is -1.58. The molecular formula is C15H18ClN3. The molecule has 0 radical (unpaired) electrons. The van der Waals surface area contributed by atoms with Gasteiger partial charge in [-0.2, -0.15) is 0 Å². The van der Waals surface area contributed by atoms with Crippen LogP contribution in [0.4, 0.5) is 5.69 Å². The van der Waals surface area contributed by atoms with Crippen molar-refractivity contribution < 1.29 is 0 Å². The zero-order chi connectivity index (χ0) is 13.7. The predicted molar refractivity (Wildman–Crippen MR) is 80.1 cm³/mol. The second-order valence-corrected chi connectivity index (χ2v) is 5.11. The van der Waals surface area contributed by atoms with Crippen molar-refractivity contribution >= 4 is 17.3 Å². The van der Waals surface area contributed by atoms with Gasteiger partial charge in [0, 0.05) is 25.5 Å². The Kier molecular flexibility index (Phi) is 4.77. The second kappa shape index (κ2) is 6.55. The van der Waals surface area contributed by atoms with Gasteiger partial charge < -0.3 is 10.6 Å². The topological polar surface area (TPSA) is 42.2 Å². The van der Waals surface area contributed by atoms with E-state index in [4.69, 9.17) is 17.3 Å². The van der Waals surface area contributed by atoms with E-state index in [9.17, 15) is 0 Å². The lowest BCUT2D eigenvalue weighted by molar-refractivity contribution is 0.331. The first-order valence-electron chi connectivity index (χ1n) is 6.26. The summed E-state index contributed by atoms with van der Waals surface area (Å²) < 4.78 is 0. The highest BCUT2D eigenvalue weighted by Crippen LogP contribution is 2.20.